The fraction of sp³-hybridized carbons (Fsp3) is 0.417. The van der Waals surface area contributed by atoms with E-state index in [1.54, 1.807) is 6.07 Å². The van der Waals surface area contributed by atoms with E-state index in [9.17, 15) is 8.42 Å². The maximum absolute atomic E-state index is 12.5. The van der Waals surface area contributed by atoms with E-state index >= 15 is 0 Å². The zero-order valence-electron chi connectivity index (χ0n) is 10.4. The molecule has 0 spiro atoms. The topological polar surface area (TPSA) is 73.2 Å². The fourth-order valence-electron chi connectivity index (χ4n) is 2.04. The standard InChI is InChI=1S/C12H14BrN3O2S/c1-9-8-16(3-2-15-9)19(17,18)12-5-10(7-14)4-11(13)6-12/h4-6,9,15H,2-3,8H2,1H3. The highest BCUT2D eigenvalue weighted by molar-refractivity contribution is 9.10. The van der Waals surface area contributed by atoms with Gasteiger partial charge >= 0.3 is 0 Å². The Kier molecular flexibility index (Phi) is 4.26. The number of nitrogens with zero attached hydrogens (tertiary/aromatic N) is 2. The minimum atomic E-state index is -3.54. The third-order valence-electron chi connectivity index (χ3n) is 2.97. The van der Waals surface area contributed by atoms with Crippen molar-refractivity contribution in [1.82, 2.24) is 9.62 Å². The van der Waals surface area contributed by atoms with Crippen LogP contribution in [0.4, 0.5) is 0 Å². The van der Waals surface area contributed by atoms with Crippen LogP contribution in [0.25, 0.3) is 0 Å². The number of nitrogens with one attached hydrogen (secondary N) is 1. The molecule has 1 aliphatic heterocycles. The molecule has 1 fully saturated rings. The molecular formula is C12H14BrN3O2S. The van der Waals surface area contributed by atoms with Crippen molar-refractivity contribution in [2.75, 3.05) is 19.6 Å². The molecule has 1 aromatic carbocycles. The smallest absolute Gasteiger partial charge is 0.243 e. The van der Waals surface area contributed by atoms with Gasteiger partial charge in [-0.15, -0.1) is 0 Å². The van der Waals surface area contributed by atoms with E-state index in [1.807, 2.05) is 13.0 Å². The van der Waals surface area contributed by atoms with Crippen LogP contribution in [0.5, 0.6) is 0 Å². The maximum atomic E-state index is 12.5. The minimum absolute atomic E-state index is 0.131. The second kappa shape index (κ2) is 5.59. The number of nitriles is 1. The highest BCUT2D eigenvalue weighted by Gasteiger charge is 2.28. The molecule has 0 amide bonds. The number of sulfonamides is 1. The van der Waals surface area contributed by atoms with Crippen LogP contribution in [0.15, 0.2) is 27.6 Å². The normalized spacial score (nSPS) is 21.0. The van der Waals surface area contributed by atoms with E-state index < -0.39 is 10.0 Å². The Morgan fingerprint density at radius 1 is 1.47 bits per heavy atom. The quantitative estimate of drug-likeness (QED) is 0.878. The van der Waals surface area contributed by atoms with E-state index in [4.69, 9.17) is 5.26 Å². The summed E-state index contributed by atoms with van der Waals surface area (Å²) < 4.78 is 27.1. The summed E-state index contributed by atoms with van der Waals surface area (Å²) >= 11 is 3.24. The summed E-state index contributed by atoms with van der Waals surface area (Å²) in [6, 6.07) is 6.63. The van der Waals surface area contributed by atoms with Crippen molar-refractivity contribution in [3.05, 3.63) is 28.2 Å². The molecule has 19 heavy (non-hydrogen) atoms. The van der Waals surface area contributed by atoms with Gasteiger partial charge in [0.15, 0.2) is 0 Å². The number of benzene rings is 1. The Morgan fingerprint density at radius 2 is 2.21 bits per heavy atom. The lowest BCUT2D eigenvalue weighted by Crippen LogP contribution is -2.51. The van der Waals surface area contributed by atoms with Crippen LogP contribution in [0.2, 0.25) is 0 Å². The zero-order chi connectivity index (χ0) is 14.0. The minimum Gasteiger partial charge on any atom is -0.312 e. The molecule has 1 aromatic rings. The van der Waals surface area contributed by atoms with Gasteiger partial charge in [-0.25, -0.2) is 8.42 Å². The Bertz CT molecular complexity index is 624. The van der Waals surface area contributed by atoms with Gasteiger partial charge in [0.25, 0.3) is 0 Å². The van der Waals surface area contributed by atoms with Crippen molar-refractivity contribution < 1.29 is 8.42 Å². The van der Waals surface area contributed by atoms with Gasteiger partial charge < -0.3 is 5.32 Å². The van der Waals surface area contributed by atoms with Gasteiger partial charge in [-0.3, -0.25) is 0 Å². The van der Waals surface area contributed by atoms with Gasteiger partial charge in [0.1, 0.15) is 0 Å². The molecule has 0 aliphatic carbocycles. The number of piperazine rings is 1. The molecule has 1 N–H and O–H groups in total. The summed E-state index contributed by atoms with van der Waals surface area (Å²) in [5, 5.41) is 12.1. The average molecular weight is 344 g/mol. The van der Waals surface area contributed by atoms with Gasteiger partial charge in [0, 0.05) is 30.1 Å². The van der Waals surface area contributed by atoms with Gasteiger partial charge in [0.2, 0.25) is 10.0 Å². The SMILES string of the molecule is CC1CN(S(=O)(=O)c2cc(Br)cc(C#N)c2)CCN1. The summed E-state index contributed by atoms with van der Waals surface area (Å²) in [6.07, 6.45) is 0. The summed E-state index contributed by atoms with van der Waals surface area (Å²) in [4.78, 5) is 0.160. The maximum Gasteiger partial charge on any atom is 0.243 e. The molecule has 0 bridgehead atoms. The summed E-state index contributed by atoms with van der Waals surface area (Å²) in [5.41, 5.74) is 0.330. The number of rotatable bonds is 2. The molecule has 0 saturated carbocycles. The molecular weight excluding hydrogens is 330 g/mol. The van der Waals surface area contributed by atoms with Gasteiger partial charge in [-0.1, -0.05) is 15.9 Å². The zero-order valence-corrected chi connectivity index (χ0v) is 12.8. The lowest BCUT2D eigenvalue weighted by molar-refractivity contribution is 0.310. The van der Waals surface area contributed by atoms with E-state index in [0.717, 1.165) is 0 Å². The highest BCUT2D eigenvalue weighted by Crippen LogP contribution is 2.23. The molecule has 1 unspecified atom stereocenters. The third-order valence-corrected chi connectivity index (χ3v) is 5.27. The van der Waals surface area contributed by atoms with Crippen molar-refractivity contribution in [1.29, 1.82) is 5.26 Å². The molecule has 102 valence electrons. The Hall–Kier alpha value is -0.940. The molecule has 2 rings (SSSR count). The van der Waals surface area contributed by atoms with Gasteiger partial charge in [0.05, 0.1) is 16.5 Å². The third kappa shape index (κ3) is 3.15. The van der Waals surface area contributed by atoms with Crippen LogP contribution in [0.1, 0.15) is 12.5 Å². The van der Waals surface area contributed by atoms with Crippen LogP contribution in [-0.2, 0) is 10.0 Å². The van der Waals surface area contributed by atoms with Crippen molar-refractivity contribution in [2.45, 2.75) is 17.9 Å². The van der Waals surface area contributed by atoms with Crippen LogP contribution in [0.3, 0.4) is 0 Å². The number of hydrogen-bond donors (Lipinski definition) is 1. The fourth-order valence-corrected chi connectivity index (χ4v) is 4.29. The first-order valence-electron chi connectivity index (χ1n) is 5.87. The average Bonchev–Trinajstić information content (AvgIpc) is 2.38. The largest absolute Gasteiger partial charge is 0.312 e. The Labute approximate surface area is 121 Å². The molecule has 5 nitrogen and oxygen atoms in total. The molecule has 1 atom stereocenters. The molecule has 0 radical (unpaired) electrons. The van der Waals surface area contributed by atoms with Crippen LogP contribution >= 0.6 is 15.9 Å². The Balaban J connectivity index is 2.39. The number of hydrogen-bond acceptors (Lipinski definition) is 4. The van der Waals surface area contributed by atoms with E-state index in [2.05, 4.69) is 21.2 Å². The first kappa shape index (κ1) is 14.5. The Morgan fingerprint density at radius 3 is 2.84 bits per heavy atom. The van der Waals surface area contributed by atoms with Gasteiger partial charge in [-0.05, 0) is 25.1 Å². The van der Waals surface area contributed by atoms with Crippen molar-refractivity contribution >= 4 is 26.0 Å². The predicted octanol–water partition coefficient (Wildman–Crippen LogP) is 1.30. The first-order valence-corrected chi connectivity index (χ1v) is 8.11. The number of halogens is 1. The molecule has 1 saturated heterocycles. The summed E-state index contributed by atoms with van der Waals surface area (Å²) in [5.74, 6) is 0. The van der Waals surface area contributed by atoms with Crippen LogP contribution in [-0.4, -0.2) is 38.4 Å². The van der Waals surface area contributed by atoms with Crippen molar-refractivity contribution in [3.8, 4) is 6.07 Å². The van der Waals surface area contributed by atoms with Crippen molar-refractivity contribution in [3.63, 3.8) is 0 Å². The van der Waals surface area contributed by atoms with E-state index in [1.165, 1.54) is 16.4 Å². The first-order chi connectivity index (χ1) is 8.93. The van der Waals surface area contributed by atoms with E-state index in [-0.39, 0.29) is 10.9 Å². The lowest BCUT2D eigenvalue weighted by atomic mass is 10.2. The molecule has 1 heterocycles. The second-order valence-electron chi connectivity index (χ2n) is 4.51. The van der Waals surface area contributed by atoms with Crippen LogP contribution in [0, 0.1) is 11.3 Å². The predicted molar refractivity (Wildman–Crippen MR) is 75.1 cm³/mol. The molecule has 1 aliphatic rings. The van der Waals surface area contributed by atoms with Crippen molar-refractivity contribution in [2.24, 2.45) is 0 Å². The summed E-state index contributed by atoms with van der Waals surface area (Å²) in [7, 11) is -3.54. The van der Waals surface area contributed by atoms with Crippen LogP contribution < -0.4 is 5.32 Å². The second-order valence-corrected chi connectivity index (χ2v) is 7.36. The highest BCUT2D eigenvalue weighted by atomic mass is 79.9. The van der Waals surface area contributed by atoms with Gasteiger partial charge in [-0.2, -0.15) is 9.57 Å². The summed E-state index contributed by atoms with van der Waals surface area (Å²) in [6.45, 7) is 3.47. The monoisotopic (exact) mass is 343 g/mol. The molecule has 0 aromatic heterocycles. The van der Waals surface area contributed by atoms with E-state index in [0.29, 0.717) is 29.7 Å². The molecule has 7 heteroatoms. The lowest BCUT2D eigenvalue weighted by Gasteiger charge is -2.31.